The van der Waals surface area contributed by atoms with Crippen LogP contribution in [0.15, 0.2) is 54.6 Å². The number of benzene rings is 2. The van der Waals surface area contributed by atoms with Crippen LogP contribution in [0.2, 0.25) is 0 Å². The molecule has 0 aromatic heterocycles. The highest BCUT2D eigenvalue weighted by atomic mass is 16.5. The minimum atomic E-state index is -1.04. The first-order valence-corrected chi connectivity index (χ1v) is 5.57. The van der Waals surface area contributed by atoms with Crippen LogP contribution in [0, 0.1) is 0 Å². The maximum absolute atomic E-state index is 11.3. The average Bonchev–Trinajstić information content (AvgIpc) is 2.44. The van der Waals surface area contributed by atoms with Crippen LogP contribution in [0.1, 0.15) is 11.7 Å². The van der Waals surface area contributed by atoms with Gasteiger partial charge in [-0.15, -0.1) is 0 Å². The highest BCUT2D eigenvalue weighted by Gasteiger charge is 2.18. The fourth-order valence-corrected chi connectivity index (χ4v) is 1.82. The second-order valence-corrected chi connectivity index (χ2v) is 4.03. The summed E-state index contributed by atoms with van der Waals surface area (Å²) >= 11 is 0. The number of rotatable bonds is 3. The van der Waals surface area contributed by atoms with E-state index in [1.165, 1.54) is 7.11 Å². The van der Waals surface area contributed by atoms with E-state index in [-0.39, 0.29) is 5.57 Å². The van der Waals surface area contributed by atoms with E-state index in [0.717, 1.165) is 10.8 Å². The van der Waals surface area contributed by atoms with Crippen molar-refractivity contribution in [3.63, 3.8) is 0 Å². The summed E-state index contributed by atoms with van der Waals surface area (Å²) in [5.41, 5.74) is 0.664. The van der Waals surface area contributed by atoms with E-state index in [4.69, 9.17) is 0 Å². The SMILES string of the molecule is C=C(C(=O)OC)[C@@H](O)c1ccc2ccccc2c1. The van der Waals surface area contributed by atoms with E-state index >= 15 is 0 Å². The second-order valence-electron chi connectivity index (χ2n) is 4.03. The Morgan fingerprint density at radius 3 is 2.56 bits per heavy atom. The van der Waals surface area contributed by atoms with Gasteiger partial charge >= 0.3 is 5.97 Å². The summed E-state index contributed by atoms with van der Waals surface area (Å²) in [4.78, 5) is 11.3. The Balaban J connectivity index is 2.36. The van der Waals surface area contributed by atoms with Crippen molar-refractivity contribution in [2.45, 2.75) is 6.10 Å². The number of aliphatic hydroxyl groups is 1. The highest BCUT2D eigenvalue weighted by molar-refractivity contribution is 5.89. The molecule has 92 valence electrons. The van der Waals surface area contributed by atoms with Crippen molar-refractivity contribution in [3.8, 4) is 0 Å². The third-order valence-electron chi connectivity index (χ3n) is 2.87. The molecule has 18 heavy (non-hydrogen) atoms. The Labute approximate surface area is 105 Å². The van der Waals surface area contributed by atoms with Crippen LogP contribution < -0.4 is 0 Å². The maximum Gasteiger partial charge on any atom is 0.336 e. The van der Waals surface area contributed by atoms with Crippen molar-refractivity contribution >= 4 is 16.7 Å². The van der Waals surface area contributed by atoms with E-state index in [9.17, 15) is 9.90 Å². The van der Waals surface area contributed by atoms with Gasteiger partial charge in [0.05, 0.1) is 12.7 Å². The summed E-state index contributed by atoms with van der Waals surface area (Å²) in [6.07, 6.45) is -1.04. The molecule has 1 atom stereocenters. The summed E-state index contributed by atoms with van der Waals surface area (Å²) < 4.78 is 4.54. The number of carbonyl (C=O) groups excluding carboxylic acids is 1. The molecule has 0 saturated heterocycles. The maximum atomic E-state index is 11.3. The third-order valence-corrected chi connectivity index (χ3v) is 2.87. The van der Waals surface area contributed by atoms with Crippen LogP contribution in [0.5, 0.6) is 0 Å². The second kappa shape index (κ2) is 5.02. The molecule has 0 spiro atoms. The number of esters is 1. The quantitative estimate of drug-likeness (QED) is 0.664. The molecule has 3 nitrogen and oxygen atoms in total. The van der Waals surface area contributed by atoms with E-state index in [2.05, 4.69) is 11.3 Å². The molecule has 2 rings (SSSR count). The van der Waals surface area contributed by atoms with Gasteiger partial charge in [0.1, 0.15) is 6.10 Å². The first-order valence-electron chi connectivity index (χ1n) is 5.57. The molecule has 0 aliphatic carbocycles. The molecule has 0 saturated carbocycles. The largest absolute Gasteiger partial charge is 0.466 e. The average molecular weight is 242 g/mol. The van der Waals surface area contributed by atoms with Gasteiger partial charge < -0.3 is 9.84 Å². The predicted molar refractivity (Wildman–Crippen MR) is 70.1 cm³/mol. The van der Waals surface area contributed by atoms with Crippen LogP contribution in [0.3, 0.4) is 0 Å². The minimum Gasteiger partial charge on any atom is -0.466 e. The normalized spacial score (nSPS) is 12.1. The van der Waals surface area contributed by atoms with E-state index in [0.29, 0.717) is 5.56 Å². The number of hydrogen-bond donors (Lipinski definition) is 1. The molecule has 0 radical (unpaired) electrons. The Morgan fingerprint density at radius 2 is 1.89 bits per heavy atom. The smallest absolute Gasteiger partial charge is 0.336 e. The number of ether oxygens (including phenoxy) is 1. The molecule has 0 unspecified atom stereocenters. The van der Waals surface area contributed by atoms with Crippen molar-refractivity contribution in [1.29, 1.82) is 0 Å². The lowest BCUT2D eigenvalue weighted by Gasteiger charge is -2.13. The topological polar surface area (TPSA) is 46.5 Å². The van der Waals surface area contributed by atoms with Gasteiger partial charge in [-0.1, -0.05) is 43.0 Å². The number of hydrogen-bond acceptors (Lipinski definition) is 3. The van der Waals surface area contributed by atoms with Gasteiger partial charge in [0.25, 0.3) is 0 Å². The van der Waals surface area contributed by atoms with Gasteiger partial charge in [-0.3, -0.25) is 0 Å². The summed E-state index contributed by atoms with van der Waals surface area (Å²) in [5.74, 6) is -0.601. The molecule has 0 heterocycles. The van der Waals surface area contributed by atoms with Gasteiger partial charge in [0.2, 0.25) is 0 Å². The van der Waals surface area contributed by atoms with Gasteiger partial charge in [0.15, 0.2) is 0 Å². The van der Waals surface area contributed by atoms with Crippen molar-refractivity contribution in [2.24, 2.45) is 0 Å². The lowest BCUT2D eigenvalue weighted by Crippen LogP contribution is -2.11. The Hall–Kier alpha value is -2.13. The zero-order chi connectivity index (χ0) is 13.1. The van der Waals surface area contributed by atoms with E-state index in [1.807, 2.05) is 36.4 Å². The lowest BCUT2D eigenvalue weighted by atomic mass is 9.99. The van der Waals surface area contributed by atoms with E-state index < -0.39 is 12.1 Å². The van der Waals surface area contributed by atoms with E-state index in [1.54, 1.807) is 6.07 Å². The molecule has 2 aromatic rings. The predicted octanol–water partition coefficient (Wildman–Crippen LogP) is 2.60. The molecule has 0 amide bonds. The standard InChI is InChI=1S/C15H14O3/c1-10(15(17)18-2)14(16)13-8-7-11-5-3-4-6-12(11)9-13/h3-9,14,16H,1H2,2H3/t14-/m1/s1. The molecule has 0 bridgehead atoms. The monoisotopic (exact) mass is 242 g/mol. The molecule has 0 aliphatic heterocycles. The zero-order valence-corrected chi connectivity index (χ0v) is 10.1. The van der Waals surface area contributed by atoms with Crippen LogP contribution >= 0.6 is 0 Å². The molecule has 3 heteroatoms. The molecular formula is C15H14O3. The Kier molecular flexibility index (Phi) is 3.44. The Bertz CT molecular complexity index is 601. The van der Waals surface area contributed by atoms with Crippen LogP contribution in [-0.2, 0) is 9.53 Å². The fourth-order valence-electron chi connectivity index (χ4n) is 1.82. The molecule has 2 aromatic carbocycles. The van der Waals surface area contributed by atoms with Gasteiger partial charge in [-0.05, 0) is 22.4 Å². The summed E-state index contributed by atoms with van der Waals surface area (Å²) in [5, 5.41) is 12.1. The highest BCUT2D eigenvalue weighted by Crippen LogP contribution is 2.24. The van der Waals surface area contributed by atoms with Crippen LogP contribution in [-0.4, -0.2) is 18.2 Å². The van der Waals surface area contributed by atoms with Crippen LogP contribution in [0.4, 0.5) is 0 Å². The van der Waals surface area contributed by atoms with Crippen molar-refractivity contribution in [3.05, 3.63) is 60.2 Å². The summed E-state index contributed by atoms with van der Waals surface area (Å²) in [6.45, 7) is 3.56. The van der Waals surface area contributed by atoms with Crippen molar-refractivity contribution in [1.82, 2.24) is 0 Å². The Morgan fingerprint density at radius 1 is 1.22 bits per heavy atom. The van der Waals surface area contributed by atoms with Crippen LogP contribution in [0.25, 0.3) is 10.8 Å². The summed E-state index contributed by atoms with van der Waals surface area (Å²) in [6, 6.07) is 13.3. The lowest BCUT2D eigenvalue weighted by molar-refractivity contribution is -0.137. The summed E-state index contributed by atoms with van der Waals surface area (Å²) in [7, 11) is 1.26. The van der Waals surface area contributed by atoms with Crippen molar-refractivity contribution < 1.29 is 14.6 Å². The molecule has 0 aliphatic rings. The number of aliphatic hydroxyl groups excluding tert-OH is 1. The first-order chi connectivity index (χ1) is 8.63. The fraction of sp³-hybridized carbons (Fsp3) is 0.133. The number of fused-ring (bicyclic) bond motifs is 1. The molecular weight excluding hydrogens is 228 g/mol. The van der Waals surface area contributed by atoms with Crippen molar-refractivity contribution in [2.75, 3.05) is 7.11 Å². The zero-order valence-electron chi connectivity index (χ0n) is 10.1. The third kappa shape index (κ3) is 2.26. The van der Waals surface area contributed by atoms with Gasteiger partial charge in [-0.2, -0.15) is 0 Å². The minimum absolute atomic E-state index is 0.0350. The number of carbonyl (C=O) groups is 1. The number of methoxy groups -OCH3 is 1. The molecule has 1 N–H and O–H groups in total. The van der Waals surface area contributed by atoms with Gasteiger partial charge in [-0.25, -0.2) is 4.79 Å². The molecule has 0 fully saturated rings. The van der Waals surface area contributed by atoms with Gasteiger partial charge in [0, 0.05) is 0 Å². The first kappa shape index (κ1) is 12.3.